The zero-order valence-corrected chi connectivity index (χ0v) is 7.40. The maximum atomic E-state index is 9.43. The van der Waals surface area contributed by atoms with E-state index in [9.17, 15) is 9.59 Å². The molecule has 2 aliphatic rings. The molecule has 2 saturated carbocycles. The predicted octanol–water partition coefficient (Wildman–Crippen LogP) is 1.35. The lowest BCUT2D eigenvalue weighted by molar-refractivity contribution is -0.147. The Bertz CT molecular complexity index is 182. The van der Waals surface area contributed by atoms with E-state index >= 15 is 0 Å². The quantitative estimate of drug-likeness (QED) is 0.638. The van der Waals surface area contributed by atoms with Gasteiger partial charge in [-0.2, -0.15) is 0 Å². The summed E-state index contributed by atoms with van der Waals surface area (Å²) >= 11 is 0. The molecule has 2 aliphatic carbocycles. The standard InChI is InChI=1S/C6H10.C3H4O4/c1-2-6-4-3-5(1)6;4-2(5)1-3(6)7/h5-6H,1-4H2;1H2,(H,4,5)(H,6,7). The van der Waals surface area contributed by atoms with Gasteiger partial charge in [0.05, 0.1) is 0 Å². The first-order valence-corrected chi connectivity index (χ1v) is 4.53. The summed E-state index contributed by atoms with van der Waals surface area (Å²) in [5.41, 5.74) is 0. The van der Waals surface area contributed by atoms with Crippen LogP contribution in [0, 0.1) is 11.8 Å². The molecule has 0 aromatic rings. The minimum atomic E-state index is -1.31. The highest BCUT2D eigenvalue weighted by Crippen LogP contribution is 2.49. The largest absolute Gasteiger partial charge is 0.481 e. The molecule has 0 atom stereocenters. The second-order valence-electron chi connectivity index (χ2n) is 3.64. The number of rotatable bonds is 2. The summed E-state index contributed by atoms with van der Waals surface area (Å²) in [6.07, 6.45) is 5.44. The van der Waals surface area contributed by atoms with E-state index in [4.69, 9.17) is 10.2 Å². The molecule has 0 saturated heterocycles. The molecule has 2 rings (SSSR count). The molecule has 0 aromatic heterocycles. The Balaban J connectivity index is 0.000000130. The van der Waals surface area contributed by atoms with Crippen molar-refractivity contribution < 1.29 is 19.8 Å². The topological polar surface area (TPSA) is 74.6 Å². The normalized spacial score (nSPS) is 28.3. The second-order valence-corrected chi connectivity index (χ2v) is 3.64. The summed E-state index contributed by atoms with van der Waals surface area (Å²) in [7, 11) is 0. The number of carboxylic acid groups (broad SMARTS) is 2. The van der Waals surface area contributed by atoms with Gasteiger partial charge in [-0.05, 0) is 37.5 Å². The Labute approximate surface area is 76.6 Å². The monoisotopic (exact) mass is 186 g/mol. The Morgan fingerprint density at radius 1 is 0.923 bits per heavy atom. The third-order valence-electron chi connectivity index (χ3n) is 2.79. The Morgan fingerprint density at radius 3 is 1.23 bits per heavy atom. The number of fused-ring (bicyclic) bond motifs is 1. The van der Waals surface area contributed by atoms with Crippen LogP contribution in [0.1, 0.15) is 32.1 Å². The van der Waals surface area contributed by atoms with E-state index in [0.717, 1.165) is 0 Å². The number of carboxylic acids is 2. The van der Waals surface area contributed by atoms with E-state index in [0.29, 0.717) is 0 Å². The molecular weight excluding hydrogens is 172 g/mol. The van der Waals surface area contributed by atoms with Crippen LogP contribution in [0.3, 0.4) is 0 Å². The lowest BCUT2D eigenvalue weighted by Gasteiger charge is -2.46. The minimum absolute atomic E-state index is 0.806. The average molecular weight is 186 g/mol. The number of hydrogen-bond acceptors (Lipinski definition) is 2. The van der Waals surface area contributed by atoms with Crippen LogP contribution in [0.4, 0.5) is 0 Å². The van der Waals surface area contributed by atoms with Gasteiger partial charge in [0.1, 0.15) is 6.42 Å². The first-order valence-electron chi connectivity index (χ1n) is 4.53. The lowest BCUT2D eigenvalue weighted by Crippen LogP contribution is -2.34. The molecule has 0 aromatic carbocycles. The number of hydrogen-bond donors (Lipinski definition) is 2. The van der Waals surface area contributed by atoms with Gasteiger partial charge in [-0.3, -0.25) is 9.59 Å². The molecule has 4 nitrogen and oxygen atoms in total. The summed E-state index contributed by atoms with van der Waals surface area (Å²) in [4.78, 5) is 18.9. The molecule has 0 aliphatic heterocycles. The molecule has 4 heteroatoms. The van der Waals surface area contributed by atoms with E-state index in [1.807, 2.05) is 0 Å². The van der Waals surface area contributed by atoms with Gasteiger partial charge in [-0.15, -0.1) is 0 Å². The molecule has 2 fully saturated rings. The second kappa shape index (κ2) is 4.25. The van der Waals surface area contributed by atoms with Crippen molar-refractivity contribution in [2.24, 2.45) is 11.8 Å². The molecule has 0 heterocycles. The van der Waals surface area contributed by atoms with Crippen molar-refractivity contribution in [3.8, 4) is 0 Å². The average Bonchev–Trinajstić information content (AvgIpc) is 1.95. The summed E-state index contributed by atoms with van der Waals surface area (Å²) < 4.78 is 0. The van der Waals surface area contributed by atoms with Crippen LogP contribution in [-0.4, -0.2) is 22.2 Å². The highest BCUT2D eigenvalue weighted by atomic mass is 16.4. The summed E-state index contributed by atoms with van der Waals surface area (Å²) in [6.45, 7) is 0. The number of carbonyl (C=O) groups is 2. The van der Waals surface area contributed by atoms with Gasteiger partial charge in [-0.1, -0.05) is 0 Å². The summed E-state index contributed by atoms with van der Waals surface area (Å²) in [5, 5.41) is 15.4. The van der Waals surface area contributed by atoms with Gasteiger partial charge in [0.25, 0.3) is 0 Å². The fourth-order valence-electron chi connectivity index (χ4n) is 1.69. The van der Waals surface area contributed by atoms with Gasteiger partial charge in [0, 0.05) is 0 Å². The van der Waals surface area contributed by atoms with Crippen LogP contribution in [0.25, 0.3) is 0 Å². The van der Waals surface area contributed by atoms with Crippen molar-refractivity contribution in [2.75, 3.05) is 0 Å². The van der Waals surface area contributed by atoms with Crippen LogP contribution in [0.15, 0.2) is 0 Å². The van der Waals surface area contributed by atoms with Crippen LogP contribution in [0.5, 0.6) is 0 Å². The molecule has 0 bridgehead atoms. The van der Waals surface area contributed by atoms with Gasteiger partial charge < -0.3 is 10.2 Å². The third-order valence-corrected chi connectivity index (χ3v) is 2.79. The van der Waals surface area contributed by atoms with Crippen LogP contribution < -0.4 is 0 Å². The van der Waals surface area contributed by atoms with Crippen LogP contribution in [0.2, 0.25) is 0 Å². The van der Waals surface area contributed by atoms with Crippen molar-refractivity contribution in [3.63, 3.8) is 0 Å². The van der Waals surface area contributed by atoms with Gasteiger partial charge >= 0.3 is 11.9 Å². The first kappa shape index (κ1) is 10.0. The van der Waals surface area contributed by atoms with Crippen LogP contribution >= 0.6 is 0 Å². The maximum Gasteiger partial charge on any atom is 0.314 e. The third kappa shape index (κ3) is 3.05. The lowest BCUT2D eigenvalue weighted by atomic mass is 9.60. The predicted molar refractivity (Wildman–Crippen MR) is 45.3 cm³/mol. The van der Waals surface area contributed by atoms with Crippen molar-refractivity contribution in [1.82, 2.24) is 0 Å². The fraction of sp³-hybridized carbons (Fsp3) is 0.778. The van der Waals surface area contributed by atoms with Crippen LogP contribution in [-0.2, 0) is 9.59 Å². The van der Waals surface area contributed by atoms with E-state index in [2.05, 4.69) is 0 Å². The first-order chi connectivity index (χ1) is 6.09. The molecule has 2 N–H and O–H groups in total. The zero-order valence-electron chi connectivity index (χ0n) is 7.40. The SMILES string of the molecule is C1CC2CCC12.O=C(O)CC(=O)O. The van der Waals surface area contributed by atoms with Gasteiger partial charge in [0.15, 0.2) is 0 Å². The molecule has 0 unspecified atom stereocenters. The Hall–Kier alpha value is -1.06. The maximum absolute atomic E-state index is 9.43. The smallest absolute Gasteiger partial charge is 0.314 e. The van der Waals surface area contributed by atoms with Crippen molar-refractivity contribution in [3.05, 3.63) is 0 Å². The summed E-state index contributed by atoms with van der Waals surface area (Å²) in [6, 6.07) is 0. The minimum Gasteiger partial charge on any atom is -0.481 e. The molecule has 0 radical (unpaired) electrons. The zero-order chi connectivity index (χ0) is 9.84. The van der Waals surface area contributed by atoms with Crippen molar-refractivity contribution in [1.29, 1.82) is 0 Å². The molecule has 0 amide bonds. The highest BCUT2D eigenvalue weighted by Gasteiger charge is 2.37. The van der Waals surface area contributed by atoms with Gasteiger partial charge in [-0.25, -0.2) is 0 Å². The van der Waals surface area contributed by atoms with Crippen molar-refractivity contribution in [2.45, 2.75) is 32.1 Å². The Morgan fingerprint density at radius 2 is 1.23 bits per heavy atom. The van der Waals surface area contributed by atoms with E-state index in [-0.39, 0.29) is 0 Å². The fourth-order valence-corrected chi connectivity index (χ4v) is 1.69. The van der Waals surface area contributed by atoms with Gasteiger partial charge in [0.2, 0.25) is 0 Å². The molecule has 74 valence electrons. The van der Waals surface area contributed by atoms with Crippen molar-refractivity contribution >= 4 is 11.9 Å². The van der Waals surface area contributed by atoms with E-state index in [1.54, 1.807) is 25.7 Å². The molecule has 0 spiro atoms. The molecular formula is C9H14O4. The summed E-state index contributed by atoms with van der Waals surface area (Å²) in [5.74, 6) is -0.199. The Kier molecular flexibility index (Phi) is 3.28. The molecule has 13 heavy (non-hydrogen) atoms. The van der Waals surface area contributed by atoms with E-state index in [1.165, 1.54) is 11.8 Å². The highest BCUT2D eigenvalue weighted by molar-refractivity contribution is 5.88. The van der Waals surface area contributed by atoms with E-state index < -0.39 is 18.4 Å². The number of aliphatic carboxylic acids is 2.